The van der Waals surface area contributed by atoms with Crippen molar-refractivity contribution in [3.63, 3.8) is 0 Å². The third-order valence-corrected chi connectivity index (χ3v) is 3.85. The summed E-state index contributed by atoms with van der Waals surface area (Å²) in [4.78, 5) is 19.5. The van der Waals surface area contributed by atoms with Crippen LogP contribution in [0, 0.1) is 0 Å². The second-order valence-electron chi connectivity index (χ2n) is 5.25. The maximum atomic E-state index is 12.4. The third kappa shape index (κ3) is 2.39. The lowest BCUT2D eigenvalue weighted by atomic mass is 9.95. The Morgan fingerprint density at radius 3 is 2.70 bits per heavy atom. The number of carbonyl (C=O) groups excluding carboxylic acids is 1. The Balaban J connectivity index is 1.60. The molecule has 2 aromatic rings. The number of nitrogens with zero attached hydrogens (tertiary/aromatic N) is 1. The third-order valence-electron chi connectivity index (χ3n) is 3.85. The van der Waals surface area contributed by atoms with Crippen LogP contribution < -0.4 is 11.1 Å². The number of anilines is 1. The van der Waals surface area contributed by atoms with Crippen LogP contribution in [0.3, 0.4) is 0 Å². The smallest absolute Gasteiger partial charge is 0.230 e. The average molecular weight is 270 g/mol. The second kappa shape index (κ2) is 5.00. The van der Waals surface area contributed by atoms with Crippen LogP contribution >= 0.6 is 0 Å². The molecule has 104 valence electrons. The van der Waals surface area contributed by atoms with Gasteiger partial charge in [0.15, 0.2) is 0 Å². The number of carbonyl (C=O) groups is 1. The summed E-state index contributed by atoms with van der Waals surface area (Å²) in [6.07, 6.45) is 6.03. The fourth-order valence-corrected chi connectivity index (χ4v) is 2.47. The molecule has 0 bridgehead atoms. The summed E-state index contributed by atoms with van der Waals surface area (Å²) >= 11 is 0. The SMILES string of the molecule is Nc1ccc(C2(C(=O)NCCc3ncc[nH]3)CC2)cc1. The molecule has 0 atom stereocenters. The molecule has 1 amide bonds. The van der Waals surface area contributed by atoms with Crippen molar-refractivity contribution >= 4 is 11.6 Å². The van der Waals surface area contributed by atoms with Crippen LogP contribution in [-0.4, -0.2) is 22.4 Å². The van der Waals surface area contributed by atoms with Crippen molar-refractivity contribution in [3.8, 4) is 0 Å². The molecule has 20 heavy (non-hydrogen) atoms. The van der Waals surface area contributed by atoms with Crippen molar-refractivity contribution in [2.24, 2.45) is 0 Å². The summed E-state index contributed by atoms with van der Waals surface area (Å²) in [5.41, 5.74) is 7.14. The fraction of sp³-hybridized carbons (Fsp3) is 0.333. The van der Waals surface area contributed by atoms with Gasteiger partial charge in [-0.05, 0) is 30.5 Å². The molecule has 1 heterocycles. The molecule has 5 nitrogen and oxygen atoms in total. The van der Waals surface area contributed by atoms with Crippen LogP contribution in [0.2, 0.25) is 0 Å². The number of nitrogen functional groups attached to an aromatic ring is 1. The number of imidazole rings is 1. The summed E-state index contributed by atoms with van der Waals surface area (Å²) in [6, 6.07) is 7.61. The standard InChI is InChI=1S/C15H18N4O/c16-12-3-1-11(2-4-12)15(6-7-15)14(20)19-8-5-13-17-9-10-18-13/h1-4,9-10H,5-8,16H2,(H,17,18)(H,19,20). The van der Waals surface area contributed by atoms with Crippen LogP contribution in [0.4, 0.5) is 5.69 Å². The lowest BCUT2D eigenvalue weighted by Crippen LogP contribution is -2.36. The first-order valence-electron chi connectivity index (χ1n) is 6.83. The van der Waals surface area contributed by atoms with E-state index in [2.05, 4.69) is 15.3 Å². The van der Waals surface area contributed by atoms with Gasteiger partial charge in [-0.1, -0.05) is 12.1 Å². The number of aromatic amines is 1. The van der Waals surface area contributed by atoms with E-state index >= 15 is 0 Å². The molecule has 1 aliphatic rings. The molecule has 0 unspecified atom stereocenters. The zero-order chi connectivity index (χ0) is 14.0. The van der Waals surface area contributed by atoms with Gasteiger partial charge in [0.2, 0.25) is 5.91 Å². The van der Waals surface area contributed by atoms with Crippen molar-refractivity contribution < 1.29 is 4.79 Å². The van der Waals surface area contributed by atoms with E-state index in [0.717, 1.165) is 36.3 Å². The van der Waals surface area contributed by atoms with Crippen molar-refractivity contribution in [3.05, 3.63) is 48.0 Å². The van der Waals surface area contributed by atoms with Gasteiger partial charge in [0.1, 0.15) is 5.82 Å². The molecule has 5 heteroatoms. The molecule has 4 N–H and O–H groups in total. The molecule has 0 radical (unpaired) electrons. The first-order chi connectivity index (χ1) is 9.71. The molecular formula is C15H18N4O. The molecule has 0 saturated heterocycles. The summed E-state index contributed by atoms with van der Waals surface area (Å²) in [5, 5.41) is 3.01. The highest BCUT2D eigenvalue weighted by atomic mass is 16.2. The van der Waals surface area contributed by atoms with Crippen molar-refractivity contribution in [2.45, 2.75) is 24.7 Å². The molecular weight excluding hydrogens is 252 g/mol. The Morgan fingerprint density at radius 1 is 1.35 bits per heavy atom. The molecule has 1 aromatic carbocycles. The first kappa shape index (κ1) is 12.7. The topological polar surface area (TPSA) is 83.8 Å². The van der Waals surface area contributed by atoms with Crippen molar-refractivity contribution in [2.75, 3.05) is 12.3 Å². The predicted octanol–water partition coefficient (Wildman–Crippen LogP) is 1.38. The second-order valence-corrected chi connectivity index (χ2v) is 5.25. The minimum absolute atomic E-state index is 0.105. The number of hydrogen-bond acceptors (Lipinski definition) is 3. The molecule has 1 saturated carbocycles. The molecule has 1 aliphatic carbocycles. The lowest BCUT2D eigenvalue weighted by Gasteiger charge is -2.15. The van der Waals surface area contributed by atoms with E-state index in [1.54, 1.807) is 12.4 Å². The van der Waals surface area contributed by atoms with Gasteiger partial charge in [-0.2, -0.15) is 0 Å². The molecule has 0 spiro atoms. The van der Waals surface area contributed by atoms with E-state index in [0.29, 0.717) is 6.54 Å². The van der Waals surface area contributed by atoms with Crippen LogP contribution in [0.25, 0.3) is 0 Å². The minimum Gasteiger partial charge on any atom is -0.399 e. The maximum absolute atomic E-state index is 12.4. The Hall–Kier alpha value is -2.30. The van der Waals surface area contributed by atoms with Crippen LogP contribution in [0.1, 0.15) is 24.2 Å². The Morgan fingerprint density at radius 2 is 2.10 bits per heavy atom. The number of rotatable bonds is 5. The minimum atomic E-state index is -0.336. The zero-order valence-corrected chi connectivity index (χ0v) is 11.2. The molecule has 1 fully saturated rings. The predicted molar refractivity (Wildman–Crippen MR) is 77.1 cm³/mol. The number of amides is 1. The Bertz CT molecular complexity index is 585. The van der Waals surface area contributed by atoms with E-state index in [4.69, 9.17) is 5.73 Å². The monoisotopic (exact) mass is 270 g/mol. The van der Waals surface area contributed by atoms with Gasteiger partial charge < -0.3 is 16.0 Å². The summed E-state index contributed by atoms with van der Waals surface area (Å²) < 4.78 is 0. The van der Waals surface area contributed by atoms with E-state index in [1.165, 1.54) is 0 Å². The highest BCUT2D eigenvalue weighted by Gasteiger charge is 2.50. The number of H-pyrrole nitrogens is 1. The van der Waals surface area contributed by atoms with Gasteiger partial charge in [-0.15, -0.1) is 0 Å². The fourth-order valence-electron chi connectivity index (χ4n) is 2.47. The Kier molecular flexibility index (Phi) is 3.18. The summed E-state index contributed by atoms with van der Waals surface area (Å²) in [6.45, 7) is 0.600. The van der Waals surface area contributed by atoms with Gasteiger partial charge in [-0.3, -0.25) is 4.79 Å². The average Bonchev–Trinajstić information content (AvgIpc) is 3.10. The summed E-state index contributed by atoms with van der Waals surface area (Å²) in [5.74, 6) is 0.997. The van der Waals surface area contributed by atoms with Gasteiger partial charge in [0.05, 0.1) is 5.41 Å². The van der Waals surface area contributed by atoms with Crippen LogP contribution in [0.5, 0.6) is 0 Å². The van der Waals surface area contributed by atoms with E-state index in [1.807, 2.05) is 24.3 Å². The molecule has 1 aromatic heterocycles. The highest BCUT2D eigenvalue weighted by Crippen LogP contribution is 2.48. The van der Waals surface area contributed by atoms with E-state index < -0.39 is 0 Å². The lowest BCUT2D eigenvalue weighted by molar-refractivity contribution is -0.123. The van der Waals surface area contributed by atoms with Crippen molar-refractivity contribution in [1.82, 2.24) is 15.3 Å². The normalized spacial score (nSPS) is 15.8. The number of nitrogens with one attached hydrogen (secondary N) is 2. The first-order valence-corrected chi connectivity index (χ1v) is 6.83. The zero-order valence-electron chi connectivity index (χ0n) is 11.2. The molecule has 0 aliphatic heterocycles. The van der Waals surface area contributed by atoms with Gasteiger partial charge in [-0.25, -0.2) is 4.98 Å². The Labute approximate surface area is 117 Å². The van der Waals surface area contributed by atoms with E-state index in [-0.39, 0.29) is 11.3 Å². The summed E-state index contributed by atoms with van der Waals surface area (Å²) in [7, 11) is 0. The number of benzene rings is 1. The van der Waals surface area contributed by atoms with Gasteiger partial charge in [0, 0.05) is 31.0 Å². The largest absolute Gasteiger partial charge is 0.399 e. The maximum Gasteiger partial charge on any atom is 0.230 e. The van der Waals surface area contributed by atoms with E-state index in [9.17, 15) is 4.79 Å². The number of nitrogens with two attached hydrogens (primary N) is 1. The van der Waals surface area contributed by atoms with Crippen LogP contribution in [0.15, 0.2) is 36.7 Å². The highest BCUT2D eigenvalue weighted by molar-refractivity contribution is 5.91. The van der Waals surface area contributed by atoms with Crippen molar-refractivity contribution in [1.29, 1.82) is 0 Å². The quantitative estimate of drug-likeness (QED) is 0.718. The van der Waals surface area contributed by atoms with Gasteiger partial charge >= 0.3 is 0 Å². The number of hydrogen-bond donors (Lipinski definition) is 3. The van der Waals surface area contributed by atoms with Crippen LogP contribution in [-0.2, 0) is 16.6 Å². The number of aromatic nitrogens is 2. The molecule has 3 rings (SSSR count). The van der Waals surface area contributed by atoms with Gasteiger partial charge in [0.25, 0.3) is 0 Å².